The highest BCUT2D eigenvalue weighted by Crippen LogP contribution is 2.17. The lowest BCUT2D eigenvalue weighted by Gasteiger charge is -2.12. The number of carboxylic acids is 1. The van der Waals surface area contributed by atoms with Crippen LogP contribution in [0, 0.1) is 20.8 Å². The maximum absolute atomic E-state index is 11.6. The van der Waals surface area contributed by atoms with Crippen LogP contribution in [0.15, 0.2) is 12.1 Å². The summed E-state index contributed by atoms with van der Waals surface area (Å²) >= 11 is 0. The lowest BCUT2D eigenvalue weighted by molar-refractivity contribution is -0.152. The molecule has 6 nitrogen and oxygen atoms in total. The van der Waals surface area contributed by atoms with Crippen molar-refractivity contribution in [3.63, 3.8) is 0 Å². The van der Waals surface area contributed by atoms with Gasteiger partial charge in [-0.05, 0) is 37.5 Å². The summed E-state index contributed by atoms with van der Waals surface area (Å²) < 4.78 is 15.0. The first-order valence-corrected chi connectivity index (χ1v) is 6.99. The van der Waals surface area contributed by atoms with Crippen molar-refractivity contribution >= 4 is 11.9 Å². The van der Waals surface area contributed by atoms with Crippen LogP contribution in [-0.4, -0.2) is 43.5 Å². The van der Waals surface area contributed by atoms with Crippen molar-refractivity contribution in [1.29, 1.82) is 0 Å². The topological polar surface area (TPSA) is 82.1 Å². The Bertz CT molecular complexity index is 500. The fourth-order valence-corrected chi connectivity index (χ4v) is 2.06. The lowest BCUT2D eigenvalue weighted by atomic mass is 10.0. The Labute approximate surface area is 130 Å². The summed E-state index contributed by atoms with van der Waals surface area (Å²) in [4.78, 5) is 21.8. The first kappa shape index (κ1) is 18.1. The molecule has 6 heteroatoms. The molecule has 1 N–H and O–H groups in total. The van der Waals surface area contributed by atoms with Crippen molar-refractivity contribution in [2.75, 3.05) is 26.4 Å². The average molecular weight is 310 g/mol. The van der Waals surface area contributed by atoms with E-state index in [1.807, 2.05) is 32.9 Å². The fourth-order valence-electron chi connectivity index (χ4n) is 2.06. The highest BCUT2D eigenvalue weighted by molar-refractivity contribution is 5.70. The van der Waals surface area contributed by atoms with Gasteiger partial charge in [0.25, 0.3) is 0 Å². The maximum atomic E-state index is 11.6. The summed E-state index contributed by atoms with van der Waals surface area (Å²) in [5.41, 5.74) is 4.36. The van der Waals surface area contributed by atoms with E-state index in [9.17, 15) is 9.59 Å². The summed E-state index contributed by atoms with van der Waals surface area (Å²) in [6.45, 7) is 5.92. The lowest BCUT2D eigenvalue weighted by Crippen LogP contribution is -2.17. The molecule has 1 rings (SSSR count). The number of carbonyl (C=O) groups excluding carboxylic acids is 1. The third kappa shape index (κ3) is 6.69. The first-order chi connectivity index (χ1) is 10.4. The van der Waals surface area contributed by atoms with E-state index in [0.717, 1.165) is 16.7 Å². The molecule has 22 heavy (non-hydrogen) atoms. The SMILES string of the molecule is Cc1cc(C)c(COC(=O)COCCOCC(=O)O)c(C)c1. The molecular formula is C16H22O6. The van der Waals surface area contributed by atoms with E-state index in [1.165, 1.54) is 5.56 Å². The number of hydrogen-bond donors (Lipinski definition) is 1. The Balaban J connectivity index is 2.25. The van der Waals surface area contributed by atoms with Crippen LogP contribution in [0.4, 0.5) is 0 Å². The zero-order chi connectivity index (χ0) is 16.5. The van der Waals surface area contributed by atoms with E-state index in [1.54, 1.807) is 0 Å². The van der Waals surface area contributed by atoms with Gasteiger partial charge in [-0.2, -0.15) is 0 Å². The predicted molar refractivity (Wildman–Crippen MR) is 79.7 cm³/mol. The molecule has 0 atom stereocenters. The van der Waals surface area contributed by atoms with Gasteiger partial charge in [-0.15, -0.1) is 0 Å². The molecule has 0 radical (unpaired) electrons. The molecule has 0 fully saturated rings. The van der Waals surface area contributed by atoms with Crippen LogP contribution in [0.2, 0.25) is 0 Å². The maximum Gasteiger partial charge on any atom is 0.332 e. The molecule has 0 bridgehead atoms. The molecule has 0 aromatic heterocycles. The van der Waals surface area contributed by atoms with Crippen molar-refractivity contribution in [2.45, 2.75) is 27.4 Å². The second-order valence-corrected chi connectivity index (χ2v) is 5.04. The van der Waals surface area contributed by atoms with Gasteiger partial charge in [-0.25, -0.2) is 9.59 Å². The predicted octanol–water partition coefficient (Wildman–Crippen LogP) is 1.77. The summed E-state index contributed by atoms with van der Waals surface area (Å²) in [5, 5.41) is 8.36. The Morgan fingerprint density at radius 3 is 2.09 bits per heavy atom. The number of ether oxygens (including phenoxy) is 3. The van der Waals surface area contributed by atoms with Crippen molar-refractivity contribution in [3.8, 4) is 0 Å². The van der Waals surface area contributed by atoms with Crippen LogP contribution in [0.25, 0.3) is 0 Å². The number of rotatable bonds is 9. The number of esters is 1. The normalized spacial score (nSPS) is 10.5. The highest BCUT2D eigenvalue weighted by atomic mass is 16.6. The van der Waals surface area contributed by atoms with Gasteiger partial charge in [0.05, 0.1) is 13.2 Å². The number of hydrogen-bond acceptors (Lipinski definition) is 5. The van der Waals surface area contributed by atoms with Gasteiger partial charge in [0.2, 0.25) is 0 Å². The minimum absolute atomic E-state index is 0.121. The second kappa shape index (κ2) is 9.17. The van der Waals surface area contributed by atoms with Crippen molar-refractivity contribution in [1.82, 2.24) is 0 Å². The van der Waals surface area contributed by atoms with Crippen LogP contribution in [0.3, 0.4) is 0 Å². The third-order valence-electron chi connectivity index (χ3n) is 3.04. The van der Waals surface area contributed by atoms with Crippen LogP contribution in [0.5, 0.6) is 0 Å². The van der Waals surface area contributed by atoms with Crippen molar-refractivity contribution in [2.24, 2.45) is 0 Å². The molecule has 0 aliphatic rings. The molecule has 0 unspecified atom stereocenters. The van der Waals surface area contributed by atoms with Crippen LogP contribution >= 0.6 is 0 Å². The summed E-state index contributed by atoms with van der Waals surface area (Å²) in [6, 6.07) is 4.10. The van der Waals surface area contributed by atoms with Gasteiger partial charge in [0.1, 0.15) is 19.8 Å². The molecule has 0 saturated carbocycles. The smallest absolute Gasteiger partial charge is 0.332 e. The van der Waals surface area contributed by atoms with E-state index < -0.39 is 11.9 Å². The highest BCUT2D eigenvalue weighted by Gasteiger charge is 2.08. The Kier molecular flexibility index (Phi) is 7.56. The molecule has 1 aromatic rings. The molecule has 0 aliphatic heterocycles. The number of aliphatic carboxylic acids is 1. The van der Waals surface area contributed by atoms with Gasteiger partial charge in [0, 0.05) is 0 Å². The molecule has 0 heterocycles. The average Bonchev–Trinajstić information content (AvgIpc) is 2.41. The molecule has 0 saturated heterocycles. The van der Waals surface area contributed by atoms with Gasteiger partial charge in [-0.3, -0.25) is 0 Å². The summed E-state index contributed by atoms with van der Waals surface area (Å²) in [6.07, 6.45) is 0. The quantitative estimate of drug-likeness (QED) is 0.553. The van der Waals surface area contributed by atoms with Gasteiger partial charge >= 0.3 is 11.9 Å². The second-order valence-electron chi connectivity index (χ2n) is 5.04. The van der Waals surface area contributed by atoms with E-state index >= 15 is 0 Å². The van der Waals surface area contributed by atoms with Crippen molar-refractivity contribution < 1.29 is 28.9 Å². The monoisotopic (exact) mass is 310 g/mol. The van der Waals surface area contributed by atoms with E-state index in [4.69, 9.17) is 19.3 Å². The molecule has 1 aromatic carbocycles. The largest absolute Gasteiger partial charge is 0.480 e. The molecule has 122 valence electrons. The van der Waals surface area contributed by atoms with E-state index in [0.29, 0.717) is 0 Å². The van der Waals surface area contributed by atoms with Gasteiger partial charge in [0.15, 0.2) is 0 Å². The molecule has 0 spiro atoms. The number of aryl methyl sites for hydroxylation is 3. The minimum atomic E-state index is -1.04. The van der Waals surface area contributed by atoms with Crippen LogP contribution < -0.4 is 0 Å². The zero-order valence-corrected chi connectivity index (χ0v) is 13.2. The summed E-state index contributed by atoms with van der Waals surface area (Å²) in [5.74, 6) is -1.50. The Morgan fingerprint density at radius 2 is 1.55 bits per heavy atom. The Hall–Kier alpha value is -1.92. The van der Waals surface area contributed by atoms with Crippen LogP contribution in [0.1, 0.15) is 22.3 Å². The minimum Gasteiger partial charge on any atom is -0.480 e. The first-order valence-electron chi connectivity index (χ1n) is 6.99. The van der Waals surface area contributed by atoms with E-state index in [2.05, 4.69) is 0 Å². The third-order valence-corrected chi connectivity index (χ3v) is 3.04. The standard InChI is InChI=1S/C16H22O6/c1-11-6-12(2)14(13(3)7-11)8-22-16(19)10-21-5-4-20-9-15(17)18/h6-7H,4-5,8-10H2,1-3H3,(H,17,18). The van der Waals surface area contributed by atoms with Crippen LogP contribution in [-0.2, 0) is 30.4 Å². The molecular weight excluding hydrogens is 288 g/mol. The van der Waals surface area contributed by atoms with E-state index in [-0.39, 0.29) is 33.0 Å². The van der Waals surface area contributed by atoms with Gasteiger partial charge in [-0.1, -0.05) is 17.7 Å². The fraction of sp³-hybridized carbons (Fsp3) is 0.500. The molecule has 0 amide bonds. The molecule has 0 aliphatic carbocycles. The van der Waals surface area contributed by atoms with Gasteiger partial charge < -0.3 is 19.3 Å². The summed E-state index contributed by atoms with van der Waals surface area (Å²) in [7, 11) is 0. The Morgan fingerprint density at radius 1 is 1.00 bits per heavy atom. The van der Waals surface area contributed by atoms with Crippen molar-refractivity contribution in [3.05, 3.63) is 34.4 Å². The number of carbonyl (C=O) groups is 2. The zero-order valence-electron chi connectivity index (χ0n) is 13.2. The number of carboxylic acid groups (broad SMARTS) is 1. The number of benzene rings is 1.